The fourth-order valence-corrected chi connectivity index (χ4v) is 6.99. The second-order valence-electron chi connectivity index (χ2n) is 13.6. The van der Waals surface area contributed by atoms with Crippen molar-refractivity contribution in [2.45, 2.75) is 67.0 Å². The fraction of sp³-hybridized carbons (Fsp3) is 0.314. The van der Waals surface area contributed by atoms with E-state index in [1.807, 2.05) is 0 Å². The van der Waals surface area contributed by atoms with Crippen LogP contribution in [0.25, 0.3) is 0 Å². The molecule has 63 heavy (non-hydrogen) atoms. The number of aliphatic imine (C=N–C) groups is 1. The molecule has 0 aromatic heterocycles. The quantitative estimate of drug-likeness (QED) is 0.0443. The Morgan fingerprint density at radius 3 is 1.52 bits per heavy atom. The highest BCUT2D eigenvalue weighted by Gasteiger charge is 2.54. The number of carboxylic acid groups (broad SMARTS) is 1. The number of alkyl halides is 7. The number of halogens is 8. The number of hydrogen-bond donors (Lipinski definition) is 10. The Kier molecular flexibility index (Phi) is 16.4. The standard InChI is InChI=1S/C35H36BrF7N6O12P2/c1-46-32(45,35(41,42)43)22-14-19(15-23(36)16-22)29(53)47-24(10-11-27(50)51)30(54)49-26(13-18-4-8-21(9-5-18)34(39,40)63(59,60)61)31(55)48-25(28(44)52)12-17-2-6-20(7-3-17)33(37,38)62(56,57)58/h2-9,14-16,24-26H,1,10-13,45H2,(H2,44,52)(H,47,53)(H,48,55)(H,49,54)(H,50,51)(H2,56,57,58)(H2,59,60,61)/t24-,25-,26-,32?/m0/s1. The topological polar surface area (TPSA) is 321 Å². The Morgan fingerprint density at radius 1 is 0.698 bits per heavy atom. The normalized spacial score (nSPS) is 14.9. The van der Waals surface area contributed by atoms with E-state index in [1.54, 1.807) is 0 Å². The van der Waals surface area contributed by atoms with E-state index in [0.29, 0.717) is 30.3 Å². The molecule has 0 aliphatic carbocycles. The summed E-state index contributed by atoms with van der Waals surface area (Å²) in [5.41, 5.74) is -5.53. The van der Waals surface area contributed by atoms with Crippen molar-refractivity contribution in [2.75, 3.05) is 0 Å². The first-order valence-electron chi connectivity index (χ1n) is 17.4. The summed E-state index contributed by atoms with van der Waals surface area (Å²) in [5.74, 6) is -6.67. The largest absolute Gasteiger partial charge is 0.481 e. The molecule has 0 radical (unpaired) electrons. The molecule has 18 nitrogen and oxygen atoms in total. The molecule has 0 saturated carbocycles. The average Bonchev–Trinajstić information content (AvgIpc) is 3.17. The molecule has 0 spiro atoms. The molecule has 4 atom stereocenters. The summed E-state index contributed by atoms with van der Waals surface area (Å²) < 4.78 is 121. The van der Waals surface area contributed by atoms with Gasteiger partial charge < -0.3 is 46.4 Å². The van der Waals surface area contributed by atoms with Gasteiger partial charge in [-0.2, -0.15) is 30.7 Å². The summed E-state index contributed by atoms with van der Waals surface area (Å²) in [5, 5.41) is 15.9. The van der Waals surface area contributed by atoms with Crippen LogP contribution >= 0.6 is 31.1 Å². The summed E-state index contributed by atoms with van der Waals surface area (Å²) in [6.07, 6.45) is -8.06. The SMILES string of the molecule is C=NC(N)(c1cc(Br)cc(C(=O)N[C@@H](CCC(=O)O)C(=O)N[C@@H](Cc2ccc(C(F)(F)P(=O)(O)O)cc2)C(=O)N[C@@H](Cc2ccc(C(F)(F)P(=O)(O)O)cc2)C(N)=O)c1)C(F)(F)F. The number of nitrogens with one attached hydrogen (secondary N) is 3. The van der Waals surface area contributed by atoms with Gasteiger partial charge in [-0.25, -0.2) is 0 Å². The van der Waals surface area contributed by atoms with Gasteiger partial charge in [0, 0.05) is 46.0 Å². The number of hydrogen-bond acceptors (Lipinski definition) is 9. The molecule has 4 amide bonds. The van der Waals surface area contributed by atoms with Crippen LogP contribution in [0.1, 0.15) is 51.0 Å². The third-order valence-corrected chi connectivity index (χ3v) is 11.5. The lowest BCUT2D eigenvalue weighted by Crippen LogP contribution is -2.57. The van der Waals surface area contributed by atoms with Gasteiger partial charge in [-0.1, -0.05) is 64.5 Å². The number of primary amides is 1. The number of carbonyl (C=O) groups is 5. The lowest BCUT2D eigenvalue weighted by molar-refractivity contribution is -0.186. The van der Waals surface area contributed by atoms with Gasteiger partial charge in [0.05, 0.1) is 0 Å². The van der Waals surface area contributed by atoms with Gasteiger partial charge in [-0.05, 0) is 42.5 Å². The van der Waals surface area contributed by atoms with Crippen molar-refractivity contribution in [3.05, 3.63) is 105 Å². The zero-order valence-electron chi connectivity index (χ0n) is 31.7. The Labute approximate surface area is 359 Å². The maximum absolute atomic E-state index is 14.4. The maximum Gasteiger partial charge on any atom is 0.431 e. The second kappa shape index (κ2) is 19.8. The van der Waals surface area contributed by atoms with Crippen LogP contribution in [-0.4, -0.2) is 85.3 Å². The molecule has 3 rings (SSSR count). The van der Waals surface area contributed by atoms with E-state index in [4.69, 9.17) is 31.0 Å². The lowest BCUT2D eigenvalue weighted by Gasteiger charge is -2.28. The number of nitrogens with two attached hydrogens (primary N) is 2. The lowest BCUT2D eigenvalue weighted by atomic mass is 9.97. The van der Waals surface area contributed by atoms with E-state index < -0.39 is 134 Å². The third kappa shape index (κ3) is 12.8. The highest BCUT2D eigenvalue weighted by Crippen LogP contribution is 2.60. The van der Waals surface area contributed by atoms with Crippen LogP contribution in [0.4, 0.5) is 30.7 Å². The van der Waals surface area contributed by atoms with Crippen LogP contribution in [0.2, 0.25) is 0 Å². The van der Waals surface area contributed by atoms with Crippen molar-refractivity contribution in [3.8, 4) is 0 Å². The van der Waals surface area contributed by atoms with Crippen molar-refractivity contribution in [1.82, 2.24) is 16.0 Å². The van der Waals surface area contributed by atoms with Crippen LogP contribution in [0.15, 0.2) is 76.2 Å². The number of carboxylic acids is 1. The van der Waals surface area contributed by atoms with Crippen LogP contribution < -0.4 is 27.4 Å². The summed E-state index contributed by atoms with van der Waals surface area (Å²) in [6, 6.07) is 2.96. The number of benzene rings is 3. The Morgan fingerprint density at radius 2 is 1.13 bits per heavy atom. The van der Waals surface area contributed by atoms with Gasteiger partial charge in [-0.15, -0.1) is 0 Å². The summed E-state index contributed by atoms with van der Waals surface area (Å²) in [6.45, 7) is 2.86. The van der Waals surface area contributed by atoms with Crippen molar-refractivity contribution >= 4 is 67.4 Å². The van der Waals surface area contributed by atoms with Gasteiger partial charge >= 0.3 is 38.7 Å². The van der Waals surface area contributed by atoms with E-state index in [2.05, 4.69) is 43.6 Å². The molecule has 0 saturated heterocycles. The first kappa shape index (κ1) is 52.3. The number of amides is 4. The number of aliphatic carboxylic acids is 1. The number of rotatable bonds is 20. The predicted molar refractivity (Wildman–Crippen MR) is 209 cm³/mol. The first-order valence-corrected chi connectivity index (χ1v) is 21.4. The summed E-state index contributed by atoms with van der Waals surface area (Å²) >= 11 is 2.95. The van der Waals surface area contributed by atoms with Crippen LogP contribution in [0.3, 0.4) is 0 Å². The van der Waals surface area contributed by atoms with Crippen LogP contribution in [-0.2, 0) is 58.1 Å². The molecule has 1 unspecified atom stereocenters. The highest BCUT2D eigenvalue weighted by molar-refractivity contribution is 9.10. The van der Waals surface area contributed by atoms with Crippen LogP contribution in [0, 0.1) is 0 Å². The van der Waals surface area contributed by atoms with E-state index in [0.717, 1.165) is 36.4 Å². The van der Waals surface area contributed by atoms with Gasteiger partial charge in [-0.3, -0.25) is 43.8 Å². The van der Waals surface area contributed by atoms with Crippen molar-refractivity contribution < 1.29 is 88.5 Å². The first-order chi connectivity index (χ1) is 28.7. The molecule has 344 valence electrons. The molecule has 12 N–H and O–H groups in total. The zero-order valence-corrected chi connectivity index (χ0v) is 35.1. The van der Waals surface area contributed by atoms with E-state index in [-0.39, 0.29) is 15.6 Å². The van der Waals surface area contributed by atoms with Gasteiger partial charge in [0.25, 0.3) is 5.91 Å². The molecule has 0 heterocycles. The smallest absolute Gasteiger partial charge is 0.431 e. The number of carbonyl (C=O) groups excluding carboxylic acids is 4. The molecule has 0 bridgehead atoms. The van der Waals surface area contributed by atoms with Gasteiger partial charge in [0.2, 0.25) is 23.4 Å². The molecular weight excluding hydrogens is 971 g/mol. The molecule has 3 aromatic carbocycles. The van der Waals surface area contributed by atoms with E-state index in [9.17, 15) is 68.9 Å². The van der Waals surface area contributed by atoms with E-state index >= 15 is 0 Å². The van der Waals surface area contributed by atoms with Crippen LogP contribution in [0.5, 0.6) is 0 Å². The molecule has 28 heteroatoms. The second-order valence-corrected chi connectivity index (χ2v) is 17.8. The number of nitrogens with zero attached hydrogens (tertiary/aromatic N) is 1. The molecular formula is C35H36BrF7N6O12P2. The van der Waals surface area contributed by atoms with Gasteiger partial charge in [0.15, 0.2) is 0 Å². The predicted octanol–water partition coefficient (Wildman–Crippen LogP) is 3.18. The minimum atomic E-state index is -6.04. The van der Waals surface area contributed by atoms with E-state index in [1.165, 1.54) is 0 Å². The molecule has 0 fully saturated rings. The minimum absolute atomic E-state index is 0.00958. The summed E-state index contributed by atoms with van der Waals surface area (Å²) in [4.78, 5) is 104. The highest BCUT2D eigenvalue weighted by atomic mass is 79.9. The third-order valence-electron chi connectivity index (χ3n) is 9.06. The average molecular weight is 1010 g/mol. The van der Waals surface area contributed by atoms with Gasteiger partial charge in [0.1, 0.15) is 18.1 Å². The van der Waals surface area contributed by atoms with Crippen molar-refractivity contribution in [3.63, 3.8) is 0 Å². The Bertz CT molecular complexity index is 2330. The maximum atomic E-state index is 14.4. The molecule has 0 aliphatic heterocycles. The fourth-order valence-electron chi connectivity index (χ4n) is 5.53. The summed E-state index contributed by atoms with van der Waals surface area (Å²) in [7, 11) is -12.0. The van der Waals surface area contributed by atoms with Crippen molar-refractivity contribution in [2.24, 2.45) is 16.5 Å². The molecule has 3 aromatic rings. The minimum Gasteiger partial charge on any atom is -0.481 e. The monoisotopic (exact) mass is 1010 g/mol. The van der Waals surface area contributed by atoms with Crippen molar-refractivity contribution in [1.29, 1.82) is 0 Å². The Balaban J connectivity index is 2.02. The zero-order chi connectivity index (χ0) is 48.1. The molecule has 0 aliphatic rings. The Hall–Kier alpha value is -5.07.